The second-order valence-corrected chi connectivity index (χ2v) is 4.31. The smallest absolute Gasteiger partial charge is 0.331 e. The van der Waals surface area contributed by atoms with E-state index in [1.165, 1.54) is 24.9 Å². The normalized spacial score (nSPS) is 11.7. The molecule has 0 aliphatic carbocycles. The number of anilines is 1. The van der Waals surface area contributed by atoms with E-state index in [0.29, 0.717) is 11.4 Å². The highest BCUT2D eigenvalue weighted by Gasteiger charge is 2.13. The molecule has 8 heteroatoms. The number of benzene rings is 1. The lowest BCUT2D eigenvalue weighted by Gasteiger charge is -2.08. The van der Waals surface area contributed by atoms with Crippen molar-refractivity contribution < 1.29 is 14.7 Å². The number of aromatic nitrogens is 4. The van der Waals surface area contributed by atoms with Crippen molar-refractivity contribution >= 4 is 17.6 Å². The maximum Gasteiger partial charge on any atom is 0.331 e. The molecule has 1 aromatic heterocycles. The first-order valence-corrected chi connectivity index (χ1v) is 6.04. The Morgan fingerprint density at radius 3 is 2.62 bits per heavy atom. The van der Waals surface area contributed by atoms with E-state index in [-0.39, 0.29) is 11.1 Å². The van der Waals surface area contributed by atoms with Crippen molar-refractivity contribution in [2.75, 3.05) is 5.32 Å². The van der Waals surface area contributed by atoms with E-state index in [0.717, 1.165) is 0 Å². The predicted octanol–water partition coefficient (Wildman–Crippen LogP) is 1.02. The number of carbonyl (C=O) groups excluding carboxylic acids is 1. The van der Waals surface area contributed by atoms with Crippen molar-refractivity contribution in [3.8, 4) is 5.69 Å². The molecule has 1 amide bonds. The van der Waals surface area contributed by atoms with Gasteiger partial charge in [0.15, 0.2) is 0 Å². The highest BCUT2D eigenvalue weighted by atomic mass is 16.4. The van der Waals surface area contributed by atoms with E-state index >= 15 is 0 Å². The van der Waals surface area contributed by atoms with Crippen LogP contribution in [-0.4, -0.2) is 37.2 Å². The zero-order chi connectivity index (χ0) is 15.4. The quantitative estimate of drug-likeness (QED) is 0.812. The molecule has 0 saturated heterocycles. The minimum Gasteiger partial charge on any atom is -0.478 e. The van der Waals surface area contributed by atoms with Crippen molar-refractivity contribution in [1.82, 2.24) is 20.2 Å². The summed E-state index contributed by atoms with van der Waals surface area (Å²) in [5.41, 5.74) is 1.35. The van der Waals surface area contributed by atoms with Crippen LogP contribution in [0.15, 0.2) is 41.7 Å². The minimum absolute atomic E-state index is 0.00382. The van der Waals surface area contributed by atoms with Gasteiger partial charge in [-0.05, 0) is 42.5 Å². The first kappa shape index (κ1) is 14.4. The number of carbonyl (C=O) groups is 2. The molecule has 21 heavy (non-hydrogen) atoms. The maximum absolute atomic E-state index is 12.0. The van der Waals surface area contributed by atoms with E-state index in [9.17, 15) is 9.59 Å². The van der Waals surface area contributed by atoms with Crippen molar-refractivity contribution in [3.05, 3.63) is 41.7 Å². The number of rotatable bonds is 4. The van der Waals surface area contributed by atoms with Crippen LogP contribution in [0.3, 0.4) is 0 Å². The number of aliphatic carboxylic acids is 1. The van der Waals surface area contributed by atoms with Gasteiger partial charge in [-0.1, -0.05) is 6.07 Å². The number of carboxylic acids is 1. The molecule has 0 saturated carbocycles. The molecule has 0 aliphatic rings. The number of hydrogen-bond acceptors (Lipinski definition) is 5. The number of amides is 1. The summed E-state index contributed by atoms with van der Waals surface area (Å²) in [7, 11) is 0. The Morgan fingerprint density at radius 2 is 2.00 bits per heavy atom. The van der Waals surface area contributed by atoms with Crippen LogP contribution in [0, 0.1) is 0 Å². The fraction of sp³-hybridized carbons (Fsp3) is 0.154. The van der Waals surface area contributed by atoms with Gasteiger partial charge in [-0.25, -0.2) is 9.48 Å². The molecular weight excluding hydrogens is 274 g/mol. The Labute approximate surface area is 120 Å². The second-order valence-electron chi connectivity index (χ2n) is 4.31. The van der Waals surface area contributed by atoms with Crippen molar-refractivity contribution in [3.63, 3.8) is 0 Å². The zero-order valence-electron chi connectivity index (χ0n) is 11.4. The van der Waals surface area contributed by atoms with E-state index < -0.39 is 11.9 Å². The highest BCUT2D eigenvalue weighted by Crippen LogP contribution is 2.15. The SMILES string of the molecule is CC(C(=O)O)=C(C)C(=O)Nc1cccc(-n2cnnn2)c1. The molecule has 0 atom stereocenters. The van der Waals surface area contributed by atoms with Crippen LogP contribution in [0.4, 0.5) is 5.69 Å². The van der Waals surface area contributed by atoms with Gasteiger partial charge >= 0.3 is 5.97 Å². The molecule has 0 radical (unpaired) electrons. The predicted molar refractivity (Wildman–Crippen MR) is 73.8 cm³/mol. The zero-order valence-corrected chi connectivity index (χ0v) is 11.4. The number of hydrogen-bond donors (Lipinski definition) is 2. The lowest BCUT2D eigenvalue weighted by Crippen LogP contribution is -2.16. The third-order valence-corrected chi connectivity index (χ3v) is 2.94. The summed E-state index contributed by atoms with van der Waals surface area (Å²) in [6.45, 7) is 2.85. The Bertz CT molecular complexity index is 706. The van der Waals surface area contributed by atoms with Gasteiger partial charge in [-0.2, -0.15) is 0 Å². The molecule has 2 N–H and O–H groups in total. The summed E-state index contributed by atoms with van der Waals surface area (Å²) in [6.07, 6.45) is 1.43. The van der Waals surface area contributed by atoms with Crippen LogP contribution in [0.2, 0.25) is 0 Å². The van der Waals surface area contributed by atoms with Gasteiger partial charge in [0.05, 0.1) is 5.69 Å². The van der Waals surface area contributed by atoms with Crippen molar-refractivity contribution in [2.24, 2.45) is 0 Å². The summed E-state index contributed by atoms with van der Waals surface area (Å²) in [5, 5.41) is 22.3. The lowest BCUT2D eigenvalue weighted by atomic mass is 10.1. The van der Waals surface area contributed by atoms with Crippen LogP contribution in [0.1, 0.15) is 13.8 Å². The summed E-state index contributed by atoms with van der Waals surface area (Å²) >= 11 is 0. The van der Waals surface area contributed by atoms with Gasteiger partial charge in [0.25, 0.3) is 5.91 Å². The first-order valence-electron chi connectivity index (χ1n) is 6.04. The molecule has 0 aliphatic heterocycles. The van der Waals surface area contributed by atoms with Gasteiger partial charge in [-0.15, -0.1) is 5.10 Å². The lowest BCUT2D eigenvalue weighted by molar-refractivity contribution is -0.133. The second kappa shape index (κ2) is 5.95. The number of nitrogens with zero attached hydrogens (tertiary/aromatic N) is 4. The molecule has 2 rings (SSSR count). The molecule has 2 aromatic rings. The van der Waals surface area contributed by atoms with Crippen LogP contribution in [0.25, 0.3) is 5.69 Å². The molecule has 0 fully saturated rings. The monoisotopic (exact) mass is 287 g/mol. The largest absolute Gasteiger partial charge is 0.478 e. The molecule has 8 nitrogen and oxygen atoms in total. The Morgan fingerprint density at radius 1 is 1.24 bits per heavy atom. The van der Waals surface area contributed by atoms with Gasteiger partial charge in [0.2, 0.25) is 0 Å². The fourth-order valence-corrected chi connectivity index (χ4v) is 1.56. The van der Waals surface area contributed by atoms with Gasteiger partial charge in [0, 0.05) is 16.8 Å². The molecule has 1 aromatic carbocycles. The summed E-state index contributed by atoms with van der Waals surface area (Å²) in [4.78, 5) is 22.8. The molecular formula is C13H13N5O3. The molecule has 1 heterocycles. The average Bonchev–Trinajstić information content (AvgIpc) is 3.00. The number of tetrazole rings is 1. The number of carboxylic acid groups (broad SMARTS) is 1. The van der Waals surface area contributed by atoms with Crippen molar-refractivity contribution in [2.45, 2.75) is 13.8 Å². The number of nitrogens with one attached hydrogen (secondary N) is 1. The van der Waals surface area contributed by atoms with E-state index in [1.54, 1.807) is 24.3 Å². The average molecular weight is 287 g/mol. The minimum atomic E-state index is -1.12. The Balaban J connectivity index is 2.21. The van der Waals surface area contributed by atoms with Gasteiger partial charge in [-0.3, -0.25) is 4.79 Å². The molecule has 0 unspecified atom stereocenters. The molecule has 0 spiro atoms. The first-order chi connectivity index (χ1) is 9.99. The van der Waals surface area contributed by atoms with Crippen LogP contribution >= 0.6 is 0 Å². The van der Waals surface area contributed by atoms with E-state index in [2.05, 4.69) is 20.8 Å². The topological polar surface area (TPSA) is 110 Å². The van der Waals surface area contributed by atoms with Crippen molar-refractivity contribution in [1.29, 1.82) is 0 Å². The molecule has 108 valence electrons. The van der Waals surface area contributed by atoms with Crippen LogP contribution < -0.4 is 5.32 Å². The van der Waals surface area contributed by atoms with Crippen LogP contribution in [0.5, 0.6) is 0 Å². The summed E-state index contributed by atoms with van der Waals surface area (Å²) < 4.78 is 1.45. The summed E-state index contributed by atoms with van der Waals surface area (Å²) in [6, 6.07) is 6.87. The highest BCUT2D eigenvalue weighted by molar-refractivity contribution is 6.08. The van der Waals surface area contributed by atoms with Gasteiger partial charge in [0.1, 0.15) is 6.33 Å². The van der Waals surface area contributed by atoms with Gasteiger partial charge < -0.3 is 10.4 Å². The third-order valence-electron chi connectivity index (χ3n) is 2.94. The standard InChI is InChI=1S/C13H13N5O3/c1-8(9(2)13(20)21)12(19)15-10-4-3-5-11(6-10)18-7-14-16-17-18/h3-7H,1-2H3,(H,15,19)(H,20,21). The fourth-order valence-electron chi connectivity index (χ4n) is 1.56. The molecule has 0 bridgehead atoms. The maximum atomic E-state index is 12.0. The van der Waals surface area contributed by atoms with E-state index in [1.807, 2.05) is 0 Å². The van der Waals surface area contributed by atoms with E-state index in [4.69, 9.17) is 5.11 Å². The summed E-state index contributed by atoms with van der Waals surface area (Å²) in [5.74, 6) is -1.59. The Hall–Kier alpha value is -3.03. The Kier molecular flexibility index (Phi) is 4.07. The van der Waals surface area contributed by atoms with Crippen LogP contribution in [-0.2, 0) is 9.59 Å². The third kappa shape index (κ3) is 3.30.